The number of hydrogen-bond acceptors (Lipinski definition) is 2. The second-order valence-electron chi connectivity index (χ2n) is 4.14. The molecule has 0 spiro atoms. The average molecular weight is 366 g/mol. The minimum absolute atomic E-state index is 0.00110. The minimum atomic E-state index is -4.54. The lowest BCUT2D eigenvalue weighted by molar-refractivity contribution is -0.0933. The second-order valence-corrected chi connectivity index (χ2v) is 5.65. The topological polar surface area (TPSA) is 6.48 Å². The first-order valence-electron chi connectivity index (χ1n) is 5.18. The standard InChI is InChI=1S/C11H7Cl4F3N2/c1-19-3-4(11(16,17)18)20(2)10-8(15)6(13)5(12)7(14)9(10)19/h3H,1-2H3. The van der Waals surface area contributed by atoms with E-state index in [1.807, 2.05) is 0 Å². The number of nitrogens with zero attached hydrogens (tertiary/aromatic N) is 2. The van der Waals surface area contributed by atoms with Crippen molar-refractivity contribution in [2.45, 2.75) is 6.18 Å². The van der Waals surface area contributed by atoms with Crippen molar-refractivity contribution in [2.75, 3.05) is 23.9 Å². The number of benzene rings is 1. The van der Waals surface area contributed by atoms with E-state index in [9.17, 15) is 13.2 Å². The van der Waals surface area contributed by atoms with E-state index in [2.05, 4.69) is 0 Å². The van der Waals surface area contributed by atoms with Crippen molar-refractivity contribution in [1.82, 2.24) is 0 Å². The third-order valence-corrected chi connectivity index (χ3v) is 4.66. The number of fused-ring (bicyclic) bond motifs is 1. The molecule has 0 atom stereocenters. The first kappa shape index (κ1) is 15.9. The van der Waals surface area contributed by atoms with E-state index in [1.165, 1.54) is 19.0 Å². The van der Waals surface area contributed by atoms with Crippen LogP contribution in [0.3, 0.4) is 0 Å². The molecule has 0 radical (unpaired) electrons. The van der Waals surface area contributed by atoms with Gasteiger partial charge >= 0.3 is 6.18 Å². The van der Waals surface area contributed by atoms with E-state index < -0.39 is 11.9 Å². The summed E-state index contributed by atoms with van der Waals surface area (Å²) in [5.41, 5.74) is -0.561. The lowest BCUT2D eigenvalue weighted by Gasteiger charge is -2.36. The fourth-order valence-electron chi connectivity index (χ4n) is 1.95. The maximum Gasteiger partial charge on any atom is 0.432 e. The van der Waals surface area contributed by atoms with Crippen LogP contribution in [-0.2, 0) is 0 Å². The largest absolute Gasteiger partial charge is 0.432 e. The van der Waals surface area contributed by atoms with Gasteiger partial charge in [-0.1, -0.05) is 46.4 Å². The Morgan fingerprint density at radius 2 is 1.30 bits per heavy atom. The Kier molecular flexibility index (Phi) is 4.02. The molecule has 1 aromatic carbocycles. The lowest BCUT2D eigenvalue weighted by Crippen LogP contribution is -2.35. The molecule has 1 heterocycles. The van der Waals surface area contributed by atoms with Gasteiger partial charge in [0.05, 0.1) is 31.5 Å². The van der Waals surface area contributed by atoms with Crippen LogP contribution in [0.15, 0.2) is 11.9 Å². The van der Waals surface area contributed by atoms with Crippen molar-refractivity contribution >= 4 is 57.8 Å². The van der Waals surface area contributed by atoms with Gasteiger partial charge in [-0.2, -0.15) is 13.2 Å². The Morgan fingerprint density at radius 1 is 0.850 bits per heavy atom. The third-order valence-electron chi connectivity index (χ3n) is 2.87. The van der Waals surface area contributed by atoms with Crippen molar-refractivity contribution < 1.29 is 13.2 Å². The van der Waals surface area contributed by atoms with E-state index in [0.29, 0.717) is 0 Å². The van der Waals surface area contributed by atoms with Gasteiger partial charge in [-0.15, -0.1) is 0 Å². The van der Waals surface area contributed by atoms with Gasteiger partial charge in [0.25, 0.3) is 0 Å². The summed E-state index contributed by atoms with van der Waals surface area (Å²) in [5, 5.41) is -0.120. The van der Waals surface area contributed by atoms with Gasteiger partial charge < -0.3 is 9.80 Å². The zero-order chi connectivity index (χ0) is 15.4. The van der Waals surface area contributed by atoms with Crippen LogP contribution >= 0.6 is 46.4 Å². The molecule has 1 aliphatic rings. The van der Waals surface area contributed by atoms with Crippen LogP contribution in [0, 0.1) is 0 Å². The molecule has 20 heavy (non-hydrogen) atoms. The molecule has 110 valence electrons. The summed E-state index contributed by atoms with van der Waals surface area (Å²) < 4.78 is 39.0. The van der Waals surface area contributed by atoms with Crippen molar-refractivity contribution in [3.8, 4) is 0 Å². The fourth-order valence-corrected chi connectivity index (χ4v) is 3.05. The predicted molar refractivity (Wildman–Crippen MR) is 77.4 cm³/mol. The molecule has 0 fully saturated rings. The molecule has 1 aromatic rings. The van der Waals surface area contributed by atoms with Gasteiger partial charge in [-0.05, 0) is 0 Å². The quantitative estimate of drug-likeness (QED) is 0.436. The van der Waals surface area contributed by atoms with Crippen LogP contribution in [0.5, 0.6) is 0 Å². The summed E-state index contributed by atoms with van der Waals surface area (Å²) in [6, 6.07) is 0. The molecule has 0 aliphatic carbocycles. The molecule has 0 unspecified atom stereocenters. The van der Waals surface area contributed by atoms with E-state index in [0.717, 1.165) is 11.1 Å². The van der Waals surface area contributed by atoms with Crippen molar-refractivity contribution in [3.05, 3.63) is 32.0 Å². The van der Waals surface area contributed by atoms with Gasteiger partial charge in [-0.25, -0.2) is 0 Å². The normalized spacial score (nSPS) is 15.3. The summed E-state index contributed by atoms with van der Waals surface area (Å²) in [6.07, 6.45) is -3.63. The number of hydrogen-bond donors (Lipinski definition) is 0. The Labute approximate surface area is 133 Å². The SMILES string of the molecule is CN1C=C(C(F)(F)F)N(C)c2c(Cl)c(Cl)c(Cl)c(Cl)c21. The molecule has 2 nitrogen and oxygen atoms in total. The Balaban J connectivity index is 2.77. The van der Waals surface area contributed by atoms with E-state index in [4.69, 9.17) is 46.4 Å². The van der Waals surface area contributed by atoms with Gasteiger partial charge in [0, 0.05) is 20.3 Å². The predicted octanol–water partition coefficient (Wildman–Crippen LogP) is 5.59. The fraction of sp³-hybridized carbons (Fsp3) is 0.273. The van der Waals surface area contributed by atoms with Crippen LogP contribution in [0.2, 0.25) is 20.1 Å². The summed E-state index contributed by atoms with van der Waals surface area (Å²) in [6.45, 7) is 0. The molecule has 0 N–H and O–H groups in total. The zero-order valence-corrected chi connectivity index (χ0v) is 13.1. The highest BCUT2D eigenvalue weighted by Crippen LogP contribution is 2.53. The molecule has 0 aromatic heterocycles. The Bertz CT molecular complexity index is 613. The molecular formula is C11H7Cl4F3N2. The van der Waals surface area contributed by atoms with Crippen molar-refractivity contribution in [2.24, 2.45) is 0 Å². The first-order valence-corrected chi connectivity index (χ1v) is 6.70. The summed E-state index contributed by atoms with van der Waals surface area (Å²) >= 11 is 23.9. The summed E-state index contributed by atoms with van der Waals surface area (Å²) in [4.78, 5) is 2.11. The van der Waals surface area contributed by atoms with Gasteiger partial charge in [0.2, 0.25) is 0 Å². The average Bonchev–Trinajstić information content (AvgIpc) is 2.34. The smallest absolute Gasteiger partial charge is 0.346 e. The number of allylic oxidation sites excluding steroid dienone is 1. The molecule has 1 aliphatic heterocycles. The maximum atomic E-state index is 13.0. The van der Waals surface area contributed by atoms with Gasteiger partial charge in [-0.3, -0.25) is 0 Å². The van der Waals surface area contributed by atoms with Crippen LogP contribution in [0.1, 0.15) is 0 Å². The van der Waals surface area contributed by atoms with Crippen LogP contribution in [-0.4, -0.2) is 20.3 Å². The minimum Gasteiger partial charge on any atom is -0.346 e. The first-order chi connectivity index (χ1) is 9.07. The molecule has 0 amide bonds. The Morgan fingerprint density at radius 3 is 1.75 bits per heavy atom. The van der Waals surface area contributed by atoms with Gasteiger partial charge in [0.15, 0.2) is 0 Å². The number of alkyl halides is 3. The molecule has 0 saturated heterocycles. The van der Waals surface area contributed by atoms with E-state index in [-0.39, 0.29) is 31.5 Å². The molecule has 0 saturated carbocycles. The summed E-state index contributed by atoms with van der Waals surface area (Å²) in [7, 11) is 2.65. The highest BCUT2D eigenvalue weighted by molar-refractivity contribution is 6.54. The Hall–Kier alpha value is -0.490. The highest BCUT2D eigenvalue weighted by Gasteiger charge is 2.42. The highest BCUT2D eigenvalue weighted by atomic mass is 35.5. The molecule has 9 heteroatoms. The molecule has 0 bridgehead atoms. The number of anilines is 2. The van der Waals surface area contributed by atoms with Crippen molar-refractivity contribution in [3.63, 3.8) is 0 Å². The monoisotopic (exact) mass is 364 g/mol. The van der Waals surface area contributed by atoms with Gasteiger partial charge in [0.1, 0.15) is 5.70 Å². The van der Waals surface area contributed by atoms with Crippen LogP contribution in [0.4, 0.5) is 24.5 Å². The van der Waals surface area contributed by atoms with E-state index in [1.54, 1.807) is 0 Å². The van der Waals surface area contributed by atoms with Crippen molar-refractivity contribution in [1.29, 1.82) is 0 Å². The molecular weight excluding hydrogens is 359 g/mol. The zero-order valence-electron chi connectivity index (χ0n) is 10.1. The lowest BCUT2D eigenvalue weighted by atomic mass is 10.1. The summed E-state index contributed by atoms with van der Waals surface area (Å²) in [5.74, 6) is 0. The van der Waals surface area contributed by atoms with Crippen LogP contribution in [0.25, 0.3) is 0 Å². The molecule has 2 rings (SSSR count). The number of rotatable bonds is 0. The van der Waals surface area contributed by atoms with E-state index >= 15 is 0 Å². The third kappa shape index (κ3) is 2.30. The number of halogens is 7. The maximum absolute atomic E-state index is 13.0. The second kappa shape index (κ2) is 5.05. The van der Waals surface area contributed by atoms with Crippen LogP contribution < -0.4 is 9.80 Å².